The van der Waals surface area contributed by atoms with E-state index in [-0.39, 0.29) is 0 Å². The number of hydrogen-bond donors (Lipinski definition) is 1. The van der Waals surface area contributed by atoms with E-state index in [1.807, 2.05) is 0 Å². The normalized spacial score (nSPS) is 27.9. The zero-order chi connectivity index (χ0) is 10.6. The summed E-state index contributed by atoms with van der Waals surface area (Å²) >= 11 is 0. The predicted octanol–water partition coefficient (Wildman–Crippen LogP) is 0.506. The number of nitrogens with two attached hydrogens (primary N) is 1. The SMILES string of the molecule is CN1CC[N+](C)(C)CC1CCCCN. The molecule has 0 spiro atoms. The number of nitrogens with zero attached hydrogens (tertiary/aromatic N) is 2. The number of rotatable bonds is 4. The maximum absolute atomic E-state index is 5.51. The molecule has 1 rings (SSSR count). The average Bonchev–Trinajstić information content (AvgIpc) is 2.11. The van der Waals surface area contributed by atoms with Gasteiger partial charge in [-0.05, 0) is 26.4 Å². The first-order chi connectivity index (χ1) is 6.55. The van der Waals surface area contributed by atoms with Gasteiger partial charge in [-0.2, -0.15) is 0 Å². The molecule has 0 radical (unpaired) electrons. The summed E-state index contributed by atoms with van der Waals surface area (Å²) < 4.78 is 1.18. The van der Waals surface area contributed by atoms with Crippen molar-refractivity contribution in [3.63, 3.8) is 0 Å². The molecule has 3 nitrogen and oxygen atoms in total. The average molecular weight is 200 g/mol. The van der Waals surface area contributed by atoms with E-state index in [1.165, 1.54) is 43.4 Å². The summed E-state index contributed by atoms with van der Waals surface area (Å²) in [7, 11) is 6.93. The zero-order valence-electron chi connectivity index (χ0n) is 10.00. The van der Waals surface area contributed by atoms with Crippen LogP contribution in [0, 0.1) is 0 Å². The van der Waals surface area contributed by atoms with Gasteiger partial charge in [-0.25, -0.2) is 0 Å². The Bertz CT molecular complexity index is 168. The van der Waals surface area contributed by atoms with Crippen molar-refractivity contribution in [2.24, 2.45) is 5.73 Å². The van der Waals surface area contributed by atoms with Crippen molar-refractivity contribution >= 4 is 0 Å². The van der Waals surface area contributed by atoms with Gasteiger partial charge in [0.2, 0.25) is 0 Å². The highest BCUT2D eigenvalue weighted by molar-refractivity contribution is 4.72. The zero-order valence-corrected chi connectivity index (χ0v) is 10.00. The summed E-state index contributed by atoms with van der Waals surface area (Å²) in [6, 6.07) is 0.769. The van der Waals surface area contributed by atoms with Gasteiger partial charge in [0, 0.05) is 6.54 Å². The smallest absolute Gasteiger partial charge is 0.0940 e. The van der Waals surface area contributed by atoms with Gasteiger partial charge < -0.3 is 10.2 Å². The molecule has 1 unspecified atom stereocenters. The molecule has 0 aliphatic carbocycles. The fourth-order valence-corrected chi connectivity index (χ4v) is 2.25. The summed E-state index contributed by atoms with van der Waals surface area (Å²) in [5.74, 6) is 0. The molecule has 1 aliphatic heterocycles. The largest absolute Gasteiger partial charge is 0.330 e. The van der Waals surface area contributed by atoms with E-state index in [0.29, 0.717) is 0 Å². The molecule has 1 heterocycles. The minimum atomic E-state index is 0.769. The Morgan fingerprint density at radius 1 is 1.36 bits per heavy atom. The van der Waals surface area contributed by atoms with Crippen molar-refractivity contribution in [1.29, 1.82) is 0 Å². The highest BCUT2D eigenvalue weighted by atomic mass is 15.4. The van der Waals surface area contributed by atoms with Crippen molar-refractivity contribution in [2.45, 2.75) is 25.3 Å². The molecule has 84 valence electrons. The Balaban J connectivity index is 2.33. The maximum Gasteiger partial charge on any atom is 0.0940 e. The summed E-state index contributed by atoms with van der Waals surface area (Å²) in [5, 5.41) is 0. The van der Waals surface area contributed by atoms with Gasteiger partial charge in [0.1, 0.15) is 0 Å². The highest BCUT2D eigenvalue weighted by Crippen LogP contribution is 2.16. The topological polar surface area (TPSA) is 29.3 Å². The Labute approximate surface area is 88.5 Å². The molecule has 14 heavy (non-hydrogen) atoms. The minimum absolute atomic E-state index is 0.769. The quantitative estimate of drug-likeness (QED) is 0.529. The van der Waals surface area contributed by atoms with E-state index in [1.54, 1.807) is 0 Å². The van der Waals surface area contributed by atoms with Crippen LogP contribution in [0.25, 0.3) is 0 Å². The van der Waals surface area contributed by atoms with E-state index in [9.17, 15) is 0 Å². The van der Waals surface area contributed by atoms with Crippen LogP contribution < -0.4 is 5.73 Å². The third-order valence-electron chi connectivity index (χ3n) is 3.38. The molecule has 0 aromatic rings. The minimum Gasteiger partial charge on any atom is -0.330 e. The molecular formula is C11H26N3+. The second-order valence-electron chi connectivity index (χ2n) is 5.26. The van der Waals surface area contributed by atoms with E-state index < -0.39 is 0 Å². The lowest BCUT2D eigenvalue weighted by Gasteiger charge is -2.43. The van der Waals surface area contributed by atoms with Gasteiger partial charge in [-0.15, -0.1) is 0 Å². The van der Waals surface area contributed by atoms with E-state index in [4.69, 9.17) is 5.73 Å². The molecule has 2 N–H and O–H groups in total. The molecule has 1 atom stereocenters. The first-order valence-electron chi connectivity index (χ1n) is 5.77. The fraction of sp³-hybridized carbons (Fsp3) is 1.00. The number of piperazine rings is 1. The monoisotopic (exact) mass is 200 g/mol. The van der Waals surface area contributed by atoms with E-state index >= 15 is 0 Å². The number of quaternary nitrogens is 1. The van der Waals surface area contributed by atoms with Gasteiger partial charge >= 0.3 is 0 Å². The molecule has 0 aromatic heterocycles. The van der Waals surface area contributed by atoms with Crippen LogP contribution in [0.15, 0.2) is 0 Å². The predicted molar refractivity (Wildman–Crippen MR) is 61.2 cm³/mol. The van der Waals surface area contributed by atoms with Crippen molar-refractivity contribution < 1.29 is 4.48 Å². The van der Waals surface area contributed by atoms with Crippen LogP contribution in [0.3, 0.4) is 0 Å². The third-order valence-corrected chi connectivity index (χ3v) is 3.38. The van der Waals surface area contributed by atoms with Gasteiger partial charge in [-0.1, -0.05) is 6.42 Å². The third kappa shape index (κ3) is 3.56. The van der Waals surface area contributed by atoms with Crippen molar-refractivity contribution in [1.82, 2.24) is 4.90 Å². The molecule has 0 aromatic carbocycles. The molecule has 0 bridgehead atoms. The Hall–Kier alpha value is -0.120. The fourth-order valence-electron chi connectivity index (χ4n) is 2.25. The van der Waals surface area contributed by atoms with Gasteiger partial charge in [0.25, 0.3) is 0 Å². The van der Waals surface area contributed by atoms with Gasteiger partial charge in [-0.3, -0.25) is 4.90 Å². The molecule has 0 saturated carbocycles. The molecular weight excluding hydrogens is 174 g/mol. The highest BCUT2D eigenvalue weighted by Gasteiger charge is 2.30. The lowest BCUT2D eigenvalue weighted by atomic mass is 10.0. The molecule has 3 heteroatoms. The Kier molecular flexibility index (Phi) is 4.35. The van der Waals surface area contributed by atoms with Crippen molar-refractivity contribution in [3.05, 3.63) is 0 Å². The summed E-state index contributed by atoms with van der Waals surface area (Å²) in [6.45, 7) is 4.65. The molecule has 1 saturated heterocycles. The summed E-state index contributed by atoms with van der Waals surface area (Å²) in [6.07, 6.45) is 3.78. The molecule has 0 amide bonds. The second kappa shape index (κ2) is 5.10. The van der Waals surface area contributed by atoms with Crippen LogP contribution in [0.5, 0.6) is 0 Å². The number of unbranched alkanes of at least 4 members (excludes halogenated alkanes) is 1. The van der Waals surface area contributed by atoms with Crippen LogP contribution in [0.4, 0.5) is 0 Å². The molecule has 1 aliphatic rings. The first-order valence-corrected chi connectivity index (χ1v) is 5.77. The van der Waals surface area contributed by atoms with Crippen LogP contribution >= 0.6 is 0 Å². The summed E-state index contributed by atoms with van der Waals surface area (Å²) in [4.78, 5) is 2.51. The van der Waals surface area contributed by atoms with E-state index in [0.717, 1.165) is 12.6 Å². The molecule has 1 fully saturated rings. The number of likely N-dealkylation sites (N-methyl/N-ethyl adjacent to an activating group) is 2. The van der Waals surface area contributed by atoms with Crippen LogP contribution in [-0.4, -0.2) is 62.7 Å². The van der Waals surface area contributed by atoms with Crippen molar-refractivity contribution in [3.8, 4) is 0 Å². The van der Waals surface area contributed by atoms with Crippen molar-refractivity contribution in [2.75, 3.05) is 47.3 Å². The summed E-state index contributed by atoms with van der Waals surface area (Å²) in [5.41, 5.74) is 5.51. The lowest BCUT2D eigenvalue weighted by Crippen LogP contribution is -2.58. The van der Waals surface area contributed by atoms with Crippen LogP contribution in [-0.2, 0) is 0 Å². The number of hydrogen-bond acceptors (Lipinski definition) is 2. The van der Waals surface area contributed by atoms with Gasteiger partial charge in [0.05, 0.1) is 33.2 Å². The Morgan fingerprint density at radius 2 is 2.07 bits per heavy atom. The van der Waals surface area contributed by atoms with E-state index in [2.05, 4.69) is 26.0 Å². The first kappa shape index (κ1) is 12.0. The maximum atomic E-state index is 5.51. The lowest BCUT2D eigenvalue weighted by molar-refractivity contribution is -0.897. The van der Waals surface area contributed by atoms with Crippen LogP contribution in [0.2, 0.25) is 0 Å². The standard InChI is InChI=1S/C11H26N3/c1-13-8-9-14(2,3)10-11(13)6-4-5-7-12/h11H,4-10,12H2,1-3H3/q+1. The Morgan fingerprint density at radius 3 is 2.71 bits per heavy atom. The van der Waals surface area contributed by atoms with Gasteiger partial charge in [0.15, 0.2) is 0 Å². The van der Waals surface area contributed by atoms with Crippen LogP contribution in [0.1, 0.15) is 19.3 Å². The second-order valence-corrected chi connectivity index (χ2v) is 5.26.